The van der Waals surface area contributed by atoms with Gasteiger partial charge in [0.15, 0.2) is 5.78 Å². The third-order valence-corrected chi connectivity index (χ3v) is 3.44. The summed E-state index contributed by atoms with van der Waals surface area (Å²) in [5, 5.41) is 2.54. The molecule has 0 unspecified atom stereocenters. The topological polar surface area (TPSA) is 66.5 Å². The van der Waals surface area contributed by atoms with Crippen LogP contribution in [0.2, 0.25) is 0 Å². The molecule has 0 bridgehead atoms. The second kappa shape index (κ2) is 4.77. The molecular weight excluding hydrogens is 312 g/mol. The van der Waals surface area contributed by atoms with Crippen LogP contribution in [0.4, 0.5) is 4.79 Å². The molecule has 0 spiro atoms. The molecule has 1 N–H and O–H groups in total. The number of nitrogens with one attached hydrogen (secondary N) is 1. The lowest BCUT2D eigenvalue weighted by Crippen LogP contribution is -2.41. The maximum absolute atomic E-state index is 12.0. The first-order chi connectivity index (χ1) is 8.81. The molecule has 19 heavy (non-hydrogen) atoms. The number of hydrogen-bond acceptors (Lipinski definition) is 3. The van der Waals surface area contributed by atoms with Gasteiger partial charge in [-0.15, -0.1) is 0 Å². The Bertz CT molecular complexity index is 552. The van der Waals surface area contributed by atoms with E-state index in [1.165, 1.54) is 0 Å². The summed E-state index contributed by atoms with van der Waals surface area (Å²) >= 11 is 3.28. The van der Waals surface area contributed by atoms with Gasteiger partial charge in [-0.2, -0.15) is 0 Å². The number of ketones is 1. The standard InChI is InChI=1S/C13H13BrN2O3/c1-13(2)11(18)16(12(19)15-13)7-10(17)8-3-5-9(14)6-4-8/h3-6H,7H2,1-2H3,(H,15,19). The number of benzene rings is 1. The van der Waals surface area contributed by atoms with Crippen LogP contribution in [0.3, 0.4) is 0 Å². The van der Waals surface area contributed by atoms with Gasteiger partial charge in [-0.1, -0.05) is 28.1 Å². The SMILES string of the molecule is CC1(C)NC(=O)N(CC(=O)c2ccc(Br)cc2)C1=O. The highest BCUT2D eigenvalue weighted by Gasteiger charge is 2.44. The minimum atomic E-state index is -0.947. The van der Waals surface area contributed by atoms with Crippen molar-refractivity contribution in [2.24, 2.45) is 0 Å². The second-order valence-electron chi connectivity index (χ2n) is 4.88. The fourth-order valence-electron chi connectivity index (χ4n) is 1.83. The van der Waals surface area contributed by atoms with Crippen molar-refractivity contribution in [3.8, 4) is 0 Å². The van der Waals surface area contributed by atoms with Gasteiger partial charge in [0.25, 0.3) is 5.91 Å². The highest BCUT2D eigenvalue weighted by molar-refractivity contribution is 9.10. The lowest BCUT2D eigenvalue weighted by atomic mass is 10.1. The number of urea groups is 1. The van der Waals surface area contributed by atoms with Gasteiger partial charge in [-0.3, -0.25) is 14.5 Å². The van der Waals surface area contributed by atoms with Crippen LogP contribution in [0.1, 0.15) is 24.2 Å². The smallest absolute Gasteiger partial charge is 0.324 e. The molecule has 0 radical (unpaired) electrons. The summed E-state index contributed by atoms with van der Waals surface area (Å²) in [6.45, 7) is 2.98. The average molecular weight is 325 g/mol. The van der Waals surface area contributed by atoms with E-state index < -0.39 is 11.6 Å². The summed E-state index contributed by atoms with van der Waals surface area (Å²) in [4.78, 5) is 36.6. The van der Waals surface area contributed by atoms with Crippen LogP contribution >= 0.6 is 15.9 Å². The van der Waals surface area contributed by atoms with Crippen LogP contribution in [0.25, 0.3) is 0 Å². The molecule has 1 heterocycles. The van der Waals surface area contributed by atoms with E-state index in [1.54, 1.807) is 38.1 Å². The van der Waals surface area contributed by atoms with Crippen molar-refractivity contribution >= 4 is 33.7 Å². The molecule has 3 amide bonds. The normalized spacial score (nSPS) is 17.5. The van der Waals surface area contributed by atoms with Crippen LogP contribution in [0.5, 0.6) is 0 Å². The minimum Gasteiger partial charge on any atom is -0.324 e. The first-order valence-corrected chi connectivity index (χ1v) is 6.53. The molecule has 1 aliphatic heterocycles. The Morgan fingerprint density at radius 2 is 1.84 bits per heavy atom. The van der Waals surface area contributed by atoms with Gasteiger partial charge in [-0.05, 0) is 26.0 Å². The molecular formula is C13H13BrN2O3. The first-order valence-electron chi connectivity index (χ1n) is 5.74. The van der Waals surface area contributed by atoms with Gasteiger partial charge in [-0.25, -0.2) is 4.79 Å². The summed E-state index contributed by atoms with van der Waals surface area (Å²) in [5.74, 6) is -0.656. The predicted molar refractivity (Wildman–Crippen MR) is 72.8 cm³/mol. The monoisotopic (exact) mass is 324 g/mol. The fourth-order valence-corrected chi connectivity index (χ4v) is 2.10. The van der Waals surface area contributed by atoms with Gasteiger partial charge in [0, 0.05) is 10.0 Å². The Kier molecular flexibility index (Phi) is 3.45. The molecule has 100 valence electrons. The van der Waals surface area contributed by atoms with E-state index >= 15 is 0 Å². The maximum Gasteiger partial charge on any atom is 0.325 e. The number of halogens is 1. The van der Waals surface area contributed by atoms with E-state index in [9.17, 15) is 14.4 Å². The van der Waals surface area contributed by atoms with Crippen LogP contribution in [-0.4, -0.2) is 34.7 Å². The van der Waals surface area contributed by atoms with Crippen LogP contribution in [0, 0.1) is 0 Å². The first kappa shape index (κ1) is 13.7. The number of nitrogens with zero attached hydrogens (tertiary/aromatic N) is 1. The zero-order valence-corrected chi connectivity index (χ0v) is 12.2. The number of carbonyl (C=O) groups excluding carboxylic acids is 3. The van der Waals surface area contributed by atoms with Crippen molar-refractivity contribution < 1.29 is 14.4 Å². The van der Waals surface area contributed by atoms with Crippen molar-refractivity contribution in [2.75, 3.05) is 6.54 Å². The Morgan fingerprint density at radius 3 is 2.32 bits per heavy atom. The molecule has 1 saturated heterocycles. The number of carbonyl (C=O) groups is 3. The maximum atomic E-state index is 12.0. The zero-order valence-electron chi connectivity index (χ0n) is 10.6. The molecule has 0 saturated carbocycles. The number of imide groups is 1. The highest BCUT2D eigenvalue weighted by Crippen LogP contribution is 2.17. The van der Waals surface area contributed by atoms with E-state index in [4.69, 9.17) is 0 Å². The Balaban J connectivity index is 2.14. The van der Waals surface area contributed by atoms with Crippen molar-refractivity contribution in [3.63, 3.8) is 0 Å². The second-order valence-corrected chi connectivity index (χ2v) is 5.79. The van der Waals surface area contributed by atoms with Crippen molar-refractivity contribution in [1.29, 1.82) is 0 Å². The van der Waals surface area contributed by atoms with Crippen molar-refractivity contribution in [1.82, 2.24) is 10.2 Å². The molecule has 5 nitrogen and oxygen atoms in total. The summed E-state index contributed by atoms with van der Waals surface area (Å²) in [6, 6.07) is 6.25. The Hall–Kier alpha value is -1.69. The van der Waals surface area contributed by atoms with E-state index in [1.807, 2.05) is 0 Å². The third-order valence-electron chi connectivity index (χ3n) is 2.91. The molecule has 1 fully saturated rings. The third kappa shape index (κ3) is 2.68. The van der Waals surface area contributed by atoms with E-state index in [0.717, 1.165) is 9.37 Å². The molecule has 1 aromatic carbocycles. The predicted octanol–water partition coefficient (Wildman–Crippen LogP) is 1.96. The van der Waals surface area contributed by atoms with Crippen molar-refractivity contribution in [3.05, 3.63) is 34.3 Å². The largest absolute Gasteiger partial charge is 0.325 e. The molecule has 6 heteroatoms. The van der Waals surface area contributed by atoms with Crippen LogP contribution in [0.15, 0.2) is 28.7 Å². The molecule has 0 atom stereocenters. The highest BCUT2D eigenvalue weighted by atomic mass is 79.9. The summed E-state index contributed by atoms with van der Waals surface area (Å²) < 4.78 is 0.861. The van der Waals surface area contributed by atoms with E-state index in [0.29, 0.717) is 5.56 Å². The zero-order chi connectivity index (χ0) is 14.2. The van der Waals surface area contributed by atoms with Crippen molar-refractivity contribution in [2.45, 2.75) is 19.4 Å². The average Bonchev–Trinajstić information content (AvgIpc) is 2.52. The molecule has 1 aromatic rings. The van der Waals surface area contributed by atoms with Gasteiger partial charge in [0.2, 0.25) is 0 Å². The van der Waals surface area contributed by atoms with Gasteiger partial charge >= 0.3 is 6.03 Å². The number of rotatable bonds is 3. The van der Waals surface area contributed by atoms with Gasteiger partial charge < -0.3 is 5.32 Å². The Morgan fingerprint density at radius 1 is 1.26 bits per heavy atom. The number of Topliss-reactive ketones (excluding diaryl/α,β-unsaturated/α-hetero) is 1. The van der Waals surface area contributed by atoms with E-state index in [-0.39, 0.29) is 18.2 Å². The molecule has 0 aromatic heterocycles. The van der Waals surface area contributed by atoms with Crippen LogP contribution in [-0.2, 0) is 4.79 Å². The number of hydrogen-bond donors (Lipinski definition) is 1. The van der Waals surface area contributed by atoms with E-state index in [2.05, 4.69) is 21.2 Å². The molecule has 1 aliphatic rings. The molecule has 0 aliphatic carbocycles. The Labute approximate surface area is 119 Å². The van der Waals surface area contributed by atoms with Gasteiger partial charge in [0.1, 0.15) is 5.54 Å². The van der Waals surface area contributed by atoms with Crippen LogP contribution < -0.4 is 5.32 Å². The lowest BCUT2D eigenvalue weighted by molar-refractivity contribution is -0.129. The minimum absolute atomic E-state index is 0.240. The quantitative estimate of drug-likeness (QED) is 0.682. The summed E-state index contributed by atoms with van der Waals surface area (Å²) in [5.41, 5.74) is -0.481. The fraction of sp³-hybridized carbons (Fsp3) is 0.308. The summed E-state index contributed by atoms with van der Waals surface area (Å²) in [6.07, 6.45) is 0. The summed E-state index contributed by atoms with van der Waals surface area (Å²) in [7, 11) is 0. The van der Waals surface area contributed by atoms with Gasteiger partial charge in [0.05, 0.1) is 6.54 Å². The lowest BCUT2D eigenvalue weighted by Gasteiger charge is -2.15. The number of amides is 3. The molecule has 2 rings (SSSR count).